The van der Waals surface area contributed by atoms with Gasteiger partial charge in [0.2, 0.25) is 0 Å². The van der Waals surface area contributed by atoms with Crippen molar-refractivity contribution in [2.24, 2.45) is 5.92 Å². The summed E-state index contributed by atoms with van der Waals surface area (Å²) in [5, 5.41) is 16.0. The summed E-state index contributed by atoms with van der Waals surface area (Å²) in [6.45, 7) is 8.70. The topological polar surface area (TPSA) is 74.6 Å². The molecule has 4 nitrogen and oxygen atoms in total. The van der Waals surface area contributed by atoms with Crippen molar-refractivity contribution in [3.63, 3.8) is 0 Å². The van der Waals surface area contributed by atoms with Gasteiger partial charge in [-0.1, -0.05) is 26.5 Å². The molecule has 0 aliphatic rings. The van der Waals surface area contributed by atoms with Crippen LogP contribution in [0.5, 0.6) is 0 Å². The molecule has 0 amide bonds. The summed E-state index contributed by atoms with van der Waals surface area (Å²) in [7, 11) is 0. The van der Waals surface area contributed by atoms with Gasteiger partial charge in [0.15, 0.2) is 0 Å². The molecule has 0 aromatic rings. The second kappa shape index (κ2) is 8.99. The minimum Gasteiger partial charge on any atom is -0.478 e. The molecule has 0 aliphatic heterocycles. The molecule has 0 saturated carbocycles. The van der Waals surface area contributed by atoms with Crippen molar-refractivity contribution >= 4 is 11.9 Å². The molecule has 0 fully saturated rings. The van der Waals surface area contributed by atoms with Gasteiger partial charge in [0.1, 0.15) is 0 Å². The Morgan fingerprint density at radius 1 is 1.33 bits per heavy atom. The minimum absolute atomic E-state index is 0.439. The normalized spacial score (nSPS) is 10.3. The molecule has 0 radical (unpaired) electrons. The van der Waals surface area contributed by atoms with E-state index >= 15 is 0 Å². The Kier molecular flexibility index (Phi) is 9.52. The molecule has 0 atom stereocenters. The third-order valence-electron chi connectivity index (χ3n) is 1.41. The van der Waals surface area contributed by atoms with E-state index in [1.807, 2.05) is 0 Å². The van der Waals surface area contributed by atoms with Gasteiger partial charge in [-0.15, -0.1) is 0 Å². The van der Waals surface area contributed by atoms with Crippen molar-refractivity contribution < 1.29 is 19.8 Å². The van der Waals surface area contributed by atoms with Gasteiger partial charge in [-0.25, -0.2) is 9.59 Å². The molecule has 4 heteroatoms. The van der Waals surface area contributed by atoms with E-state index in [-0.39, 0.29) is 0 Å². The van der Waals surface area contributed by atoms with Crippen molar-refractivity contribution in [1.82, 2.24) is 0 Å². The molecule has 0 aromatic carbocycles. The van der Waals surface area contributed by atoms with Crippen LogP contribution in [0.1, 0.15) is 27.2 Å². The molecular formula is C11H18O4. The summed E-state index contributed by atoms with van der Waals surface area (Å²) in [6, 6.07) is 0. The number of allylic oxidation sites excluding steroid dienone is 1. The Morgan fingerprint density at radius 2 is 1.73 bits per heavy atom. The molecular weight excluding hydrogens is 196 g/mol. The smallest absolute Gasteiger partial charge is 0.330 e. The lowest BCUT2D eigenvalue weighted by Crippen LogP contribution is -1.96. The molecule has 0 saturated heterocycles. The highest BCUT2D eigenvalue weighted by Gasteiger charge is 1.98. The Balaban J connectivity index is 0. The van der Waals surface area contributed by atoms with Gasteiger partial charge in [-0.3, -0.25) is 0 Å². The second-order valence-electron chi connectivity index (χ2n) is 3.36. The summed E-state index contributed by atoms with van der Waals surface area (Å²) in [4.78, 5) is 19.5. The summed E-state index contributed by atoms with van der Waals surface area (Å²) in [5.74, 6) is -1.26. The predicted octanol–water partition coefficient (Wildman–Crippen LogP) is 2.32. The van der Waals surface area contributed by atoms with Crippen molar-refractivity contribution in [2.75, 3.05) is 0 Å². The van der Waals surface area contributed by atoms with Crippen LogP contribution in [0.3, 0.4) is 0 Å². The van der Waals surface area contributed by atoms with Gasteiger partial charge in [0.05, 0.1) is 0 Å². The largest absolute Gasteiger partial charge is 0.478 e. The molecule has 2 N–H and O–H groups in total. The molecule has 0 bridgehead atoms. The molecule has 0 unspecified atom stereocenters. The maximum absolute atomic E-state index is 10.2. The number of carboxylic acid groups (broad SMARTS) is 2. The van der Waals surface area contributed by atoms with E-state index in [2.05, 4.69) is 20.4 Å². The standard InChI is InChI=1S/C8H14O2.C3H4O2/c1-6(2)4-5-7(3)8(9)10;1-2-3(4)5/h5-6H,4H2,1-3H3,(H,9,10);2H,1H2,(H,4,5). The third-order valence-corrected chi connectivity index (χ3v) is 1.41. The number of carbonyl (C=O) groups is 2. The Hall–Kier alpha value is -1.58. The second-order valence-corrected chi connectivity index (χ2v) is 3.36. The average molecular weight is 214 g/mol. The Bertz CT molecular complexity index is 251. The molecule has 0 aliphatic carbocycles. The van der Waals surface area contributed by atoms with Crippen molar-refractivity contribution in [3.05, 3.63) is 24.3 Å². The Morgan fingerprint density at radius 3 is 1.93 bits per heavy atom. The SMILES string of the molecule is C=CC(=O)O.CC(=CCC(C)C)C(=O)O. The first-order valence-electron chi connectivity index (χ1n) is 4.56. The van der Waals surface area contributed by atoms with Gasteiger partial charge >= 0.3 is 11.9 Å². The lowest BCUT2D eigenvalue weighted by Gasteiger charge is -1.97. The maximum atomic E-state index is 10.2. The highest BCUT2D eigenvalue weighted by atomic mass is 16.4. The predicted molar refractivity (Wildman–Crippen MR) is 58.7 cm³/mol. The van der Waals surface area contributed by atoms with E-state index in [0.29, 0.717) is 11.5 Å². The fourth-order valence-electron chi connectivity index (χ4n) is 0.500. The van der Waals surface area contributed by atoms with E-state index in [1.165, 1.54) is 0 Å². The van der Waals surface area contributed by atoms with Crippen molar-refractivity contribution in [3.8, 4) is 0 Å². The van der Waals surface area contributed by atoms with Gasteiger partial charge in [0.25, 0.3) is 0 Å². The maximum Gasteiger partial charge on any atom is 0.330 e. The number of rotatable bonds is 4. The first kappa shape index (κ1) is 15.9. The fraction of sp³-hybridized carbons (Fsp3) is 0.455. The quantitative estimate of drug-likeness (QED) is 0.704. The summed E-state index contributed by atoms with van der Waals surface area (Å²) >= 11 is 0. The van der Waals surface area contributed by atoms with Gasteiger partial charge < -0.3 is 10.2 Å². The lowest BCUT2D eigenvalue weighted by atomic mass is 10.1. The number of hydrogen-bond donors (Lipinski definition) is 2. The van der Waals surface area contributed by atoms with Crippen LogP contribution in [0.25, 0.3) is 0 Å². The van der Waals surface area contributed by atoms with Crippen molar-refractivity contribution in [2.45, 2.75) is 27.2 Å². The first-order chi connectivity index (χ1) is 6.81. The summed E-state index contributed by atoms with van der Waals surface area (Å²) in [6.07, 6.45) is 3.44. The first-order valence-corrected chi connectivity index (χ1v) is 4.56. The van der Waals surface area contributed by atoms with Gasteiger partial charge in [-0.2, -0.15) is 0 Å². The zero-order valence-corrected chi connectivity index (χ0v) is 9.36. The zero-order valence-electron chi connectivity index (χ0n) is 9.36. The molecule has 0 aromatic heterocycles. The Labute approximate surface area is 89.9 Å². The van der Waals surface area contributed by atoms with Gasteiger partial charge in [0, 0.05) is 11.6 Å². The number of carboxylic acids is 2. The molecule has 0 rings (SSSR count). The third kappa shape index (κ3) is 15.2. The van der Waals surface area contributed by atoms with E-state index in [0.717, 1.165) is 12.5 Å². The van der Waals surface area contributed by atoms with Crippen LogP contribution in [0.15, 0.2) is 24.3 Å². The minimum atomic E-state index is -0.981. The summed E-state index contributed by atoms with van der Waals surface area (Å²) in [5.41, 5.74) is 0.439. The average Bonchev–Trinajstić information content (AvgIpc) is 2.14. The van der Waals surface area contributed by atoms with Crippen LogP contribution in [-0.2, 0) is 9.59 Å². The van der Waals surface area contributed by atoms with Crippen LogP contribution in [0, 0.1) is 5.92 Å². The molecule has 86 valence electrons. The lowest BCUT2D eigenvalue weighted by molar-refractivity contribution is -0.133. The van der Waals surface area contributed by atoms with Gasteiger partial charge in [-0.05, 0) is 19.3 Å². The molecule has 0 spiro atoms. The van der Waals surface area contributed by atoms with Crippen LogP contribution >= 0.6 is 0 Å². The fourth-order valence-corrected chi connectivity index (χ4v) is 0.500. The molecule has 15 heavy (non-hydrogen) atoms. The van der Waals surface area contributed by atoms with Crippen LogP contribution in [0.4, 0.5) is 0 Å². The van der Waals surface area contributed by atoms with Crippen molar-refractivity contribution in [1.29, 1.82) is 0 Å². The van der Waals surface area contributed by atoms with E-state index in [9.17, 15) is 9.59 Å². The van der Waals surface area contributed by atoms with E-state index in [1.54, 1.807) is 13.0 Å². The summed E-state index contributed by atoms with van der Waals surface area (Å²) < 4.78 is 0. The monoisotopic (exact) mass is 214 g/mol. The number of aliphatic carboxylic acids is 2. The highest BCUT2D eigenvalue weighted by molar-refractivity contribution is 5.85. The van der Waals surface area contributed by atoms with Crippen LogP contribution < -0.4 is 0 Å². The van der Waals surface area contributed by atoms with E-state index < -0.39 is 11.9 Å². The van der Waals surface area contributed by atoms with Crippen LogP contribution in [0.2, 0.25) is 0 Å². The van der Waals surface area contributed by atoms with Crippen LogP contribution in [-0.4, -0.2) is 22.2 Å². The zero-order chi connectivity index (χ0) is 12.4. The number of hydrogen-bond acceptors (Lipinski definition) is 2. The molecule has 0 heterocycles. The highest BCUT2D eigenvalue weighted by Crippen LogP contribution is 2.03. The van der Waals surface area contributed by atoms with E-state index in [4.69, 9.17) is 10.2 Å².